The molecule has 0 saturated carbocycles. The van der Waals surface area contributed by atoms with E-state index in [-0.39, 0.29) is 5.98 Å². The van der Waals surface area contributed by atoms with Crippen LogP contribution in [0.25, 0.3) is 0 Å². The first-order valence-corrected chi connectivity index (χ1v) is 1.90. The van der Waals surface area contributed by atoms with Gasteiger partial charge in [0.1, 0.15) is 0 Å². The van der Waals surface area contributed by atoms with Crippen LogP contribution in [0.2, 0.25) is 0 Å². The molecule has 0 fully saturated rings. The number of hydrogen-bond acceptors (Lipinski definition) is 0. The largest absolute Gasteiger partial charge is 0.502 e. The van der Waals surface area contributed by atoms with E-state index >= 15 is 0 Å². The van der Waals surface area contributed by atoms with E-state index in [1.54, 1.807) is 0 Å². The van der Waals surface area contributed by atoms with Crippen molar-refractivity contribution in [3.63, 3.8) is 0 Å². The Bertz CT molecular complexity index is 72.7. The van der Waals surface area contributed by atoms with Crippen LogP contribution in [0.15, 0.2) is 12.1 Å². The van der Waals surface area contributed by atoms with E-state index < -0.39 is 6.98 Å². The predicted octanol–water partition coefficient (Wildman–Crippen LogP) is 1.95. The van der Waals surface area contributed by atoms with Gasteiger partial charge in [-0.25, -0.2) is 0 Å². The second-order valence-corrected chi connectivity index (χ2v) is 1.15. The van der Waals surface area contributed by atoms with E-state index in [9.17, 15) is 12.9 Å². The molecule has 7 heavy (non-hydrogen) atoms. The molecule has 0 bridgehead atoms. The molecule has 42 valence electrons. The summed E-state index contributed by atoms with van der Waals surface area (Å²) >= 11 is 0. The molecule has 0 unspecified atom stereocenters. The fourth-order valence-electron chi connectivity index (χ4n) is 0.218. The molecule has 0 atom stereocenters. The minimum atomic E-state index is -4.67. The Kier molecular flexibility index (Phi) is 1.93. The summed E-state index contributed by atoms with van der Waals surface area (Å²) in [7, 11) is 0. The van der Waals surface area contributed by atoms with Crippen molar-refractivity contribution in [2.75, 3.05) is 0 Å². The average molecular weight is 109 g/mol. The lowest BCUT2D eigenvalue weighted by Crippen LogP contribution is -2.09. The molecule has 4 heteroatoms. The third kappa shape index (κ3) is 5.59. The Morgan fingerprint density at radius 2 is 1.71 bits per heavy atom. The summed E-state index contributed by atoms with van der Waals surface area (Å²) in [6, 6.07) is 0. The molecule has 0 heterocycles. The highest BCUT2D eigenvalue weighted by Gasteiger charge is 2.15. The average Bonchev–Trinajstić information content (AvgIpc) is 1.30. The number of hydrogen-bond donors (Lipinski definition) is 0. The molecule has 0 spiro atoms. The Balaban J connectivity index is 3.56. The third-order valence-electron chi connectivity index (χ3n) is 0.411. The van der Waals surface area contributed by atoms with Crippen molar-refractivity contribution in [1.82, 2.24) is 0 Å². The first-order chi connectivity index (χ1) is 3.06. The smallest absolute Gasteiger partial charge is 0.445 e. The van der Waals surface area contributed by atoms with E-state index in [1.807, 2.05) is 0 Å². The van der Waals surface area contributed by atoms with Crippen LogP contribution in [-0.2, 0) is 0 Å². The number of rotatable bonds is 1. The maximum Gasteiger partial charge on any atom is 0.502 e. The first-order valence-electron chi connectivity index (χ1n) is 1.90. The van der Waals surface area contributed by atoms with E-state index in [0.717, 1.165) is 6.08 Å². The standard InChI is InChI=1S/C3H5BF3/c1-2-3-4(5,6)7/h2-3H,1H3/q-1. The molecule has 0 nitrogen and oxygen atoms in total. The van der Waals surface area contributed by atoms with Crippen molar-refractivity contribution in [2.24, 2.45) is 0 Å². The summed E-state index contributed by atoms with van der Waals surface area (Å²) in [5.74, 6) is 0.250. The second-order valence-electron chi connectivity index (χ2n) is 1.15. The molecule has 0 radical (unpaired) electrons. The summed E-state index contributed by atoms with van der Waals surface area (Å²) < 4.78 is 33.1. The van der Waals surface area contributed by atoms with E-state index in [2.05, 4.69) is 0 Å². The van der Waals surface area contributed by atoms with Crippen LogP contribution >= 0.6 is 0 Å². The lowest BCUT2D eigenvalue weighted by Gasteiger charge is -2.03. The Labute approximate surface area is 40.1 Å². The van der Waals surface area contributed by atoms with Gasteiger partial charge < -0.3 is 12.9 Å². The van der Waals surface area contributed by atoms with Gasteiger partial charge in [-0.2, -0.15) is 5.98 Å². The number of halogens is 3. The van der Waals surface area contributed by atoms with Crippen LogP contribution in [0.4, 0.5) is 12.9 Å². The third-order valence-corrected chi connectivity index (χ3v) is 0.411. The molecule has 0 saturated heterocycles. The van der Waals surface area contributed by atoms with Gasteiger partial charge in [0.25, 0.3) is 0 Å². The van der Waals surface area contributed by atoms with Crippen LogP contribution in [0.1, 0.15) is 6.92 Å². The molecule has 0 aliphatic heterocycles. The fourth-order valence-corrected chi connectivity index (χ4v) is 0.218. The van der Waals surface area contributed by atoms with Gasteiger partial charge in [0.2, 0.25) is 0 Å². The van der Waals surface area contributed by atoms with Crippen molar-refractivity contribution in [3.05, 3.63) is 12.1 Å². The normalized spacial score (nSPS) is 13.1. The molecule has 0 N–H and O–H groups in total. The zero-order chi connectivity index (χ0) is 5.91. The van der Waals surface area contributed by atoms with E-state index in [1.165, 1.54) is 6.92 Å². The monoisotopic (exact) mass is 109 g/mol. The maximum absolute atomic E-state index is 11.0. The highest BCUT2D eigenvalue weighted by atomic mass is 19.4. The minimum absolute atomic E-state index is 0.250. The van der Waals surface area contributed by atoms with Crippen molar-refractivity contribution in [3.8, 4) is 0 Å². The minimum Gasteiger partial charge on any atom is -0.445 e. The molecule has 0 aromatic carbocycles. The molecule has 0 amide bonds. The van der Waals surface area contributed by atoms with Gasteiger partial charge >= 0.3 is 6.98 Å². The first kappa shape index (κ1) is 6.59. The molecule has 0 rings (SSSR count). The van der Waals surface area contributed by atoms with Gasteiger partial charge in [-0.3, -0.25) is 0 Å². The fraction of sp³-hybridized carbons (Fsp3) is 0.333. The predicted molar refractivity (Wildman–Crippen MR) is 23.9 cm³/mol. The topological polar surface area (TPSA) is 0 Å². The quantitative estimate of drug-likeness (QED) is 0.451. The van der Waals surface area contributed by atoms with E-state index in [4.69, 9.17) is 0 Å². The SMILES string of the molecule is CC=C[B-](F)(F)F. The molecular weight excluding hydrogens is 104 g/mol. The summed E-state index contributed by atoms with van der Waals surface area (Å²) in [4.78, 5) is 0. The maximum atomic E-state index is 11.0. The summed E-state index contributed by atoms with van der Waals surface area (Å²) in [6.45, 7) is -3.33. The van der Waals surface area contributed by atoms with E-state index in [0.29, 0.717) is 0 Å². The molecule has 0 aromatic heterocycles. The van der Waals surface area contributed by atoms with Gasteiger partial charge in [-0.05, 0) is 0 Å². The highest BCUT2D eigenvalue weighted by molar-refractivity contribution is 6.64. The van der Waals surface area contributed by atoms with Crippen molar-refractivity contribution >= 4 is 6.98 Å². The van der Waals surface area contributed by atoms with Crippen molar-refractivity contribution in [2.45, 2.75) is 6.92 Å². The van der Waals surface area contributed by atoms with Gasteiger partial charge in [0.05, 0.1) is 0 Å². The lowest BCUT2D eigenvalue weighted by atomic mass is 9.92. The summed E-state index contributed by atoms with van der Waals surface area (Å²) in [6.07, 6.45) is 0.986. The Morgan fingerprint density at radius 1 is 1.29 bits per heavy atom. The second kappa shape index (κ2) is 2.05. The van der Waals surface area contributed by atoms with Crippen LogP contribution < -0.4 is 0 Å². The molecular formula is C3H5BF3-. The molecule has 0 aliphatic carbocycles. The van der Waals surface area contributed by atoms with Gasteiger partial charge in [0, 0.05) is 0 Å². The van der Waals surface area contributed by atoms with Crippen LogP contribution in [-0.4, -0.2) is 6.98 Å². The van der Waals surface area contributed by atoms with Gasteiger partial charge in [-0.1, -0.05) is 6.92 Å². The molecule has 0 aromatic rings. The molecule has 0 aliphatic rings. The van der Waals surface area contributed by atoms with Gasteiger partial charge in [-0.15, -0.1) is 6.08 Å². The number of allylic oxidation sites excluding steroid dienone is 1. The summed E-state index contributed by atoms with van der Waals surface area (Å²) in [5, 5.41) is 0. The van der Waals surface area contributed by atoms with Crippen LogP contribution in [0.5, 0.6) is 0 Å². The van der Waals surface area contributed by atoms with Crippen molar-refractivity contribution in [1.29, 1.82) is 0 Å². The Morgan fingerprint density at radius 3 is 1.71 bits per heavy atom. The zero-order valence-corrected chi connectivity index (χ0v) is 3.87. The van der Waals surface area contributed by atoms with Gasteiger partial charge in [0.15, 0.2) is 0 Å². The van der Waals surface area contributed by atoms with Crippen LogP contribution in [0.3, 0.4) is 0 Å². The highest BCUT2D eigenvalue weighted by Crippen LogP contribution is 2.08. The Hall–Kier alpha value is -0.405. The zero-order valence-electron chi connectivity index (χ0n) is 3.87. The summed E-state index contributed by atoms with van der Waals surface area (Å²) in [5.41, 5.74) is 0. The lowest BCUT2D eigenvalue weighted by molar-refractivity contribution is 0.498. The van der Waals surface area contributed by atoms with Crippen LogP contribution in [0, 0.1) is 0 Å². The van der Waals surface area contributed by atoms with Crippen molar-refractivity contribution < 1.29 is 12.9 Å².